The zero-order valence-electron chi connectivity index (χ0n) is 16.4. The van der Waals surface area contributed by atoms with Gasteiger partial charge >= 0.3 is 0 Å². The van der Waals surface area contributed by atoms with E-state index in [1.165, 1.54) is 0 Å². The quantitative estimate of drug-likeness (QED) is 0.777. The van der Waals surface area contributed by atoms with Crippen molar-refractivity contribution in [2.75, 3.05) is 39.3 Å². The summed E-state index contributed by atoms with van der Waals surface area (Å²) in [4.78, 5) is 36.0. The van der Waals surface area contributed by atoms with Gasteiger partial charge in [0.05, 0.1) is 16.5 Å². The summed E-state index contributed by atoms with van der Waals surface area (Å²) in [5, 5.41) is 0.489. The maximum Gasteiger partial charge on any atom is 0.255 e. The molecule has 2 amide bonds. The molecule has 4 rings (SSSR count). The first-order valence-corrected chi connectivity index (χ1v) is 10.9. The Hall–Kier alpha value is -1.66. The summed E-state index contributed by atoms with van der Waals surface area (Å²) in [6.45, 7) is 5.32. The van der Waals surface area contributed by atoms with E-state index in [0.29, 0.717) is 22.5 Å². The molecule has 152 valence electrons. The number of carbonyl (C=O) groups is 2. The highest BCUT2D eigenvalue weighted by molar-refractivity contribution is 6.30. The Kier molecular flexibility index (Phi) is 6.16. The average Bonchev–Trinajstić information content (AvgIpc) is 3.28. The van der Waals surface area contributed by atoms with E-state index in [-0.39, 0.29) is 11.8 Å². The summed E-state index contributed by atoms with van der Waals surface area (Å²) < 4.78 is 0. The Morgan fingerprint density at radius 1 is 0.929 bits per heavy atom. The molecule has 3 aliphatic rings. The monoisotopic (exact) mass is 404 g/mol. The first kappa shape index (κ1) is 19.6. The minimum absolute atomic E-state index is 0.00850. The van der Waals surface area contributed by atoms with Crippen LogP contribution in [0.15, 0.2) is 18.5 Å². The number of carbonyl (C=O) groups excluding carboxylic acids is 2. The van der Waals surface area contributed by atoms with E-state index in [1.807, 2.05) is 4.90 Å². The molecule has 0 unspecified atom stereocenters. The van der Waals surface area contributed by atoms with Gasteiger partial charge in [-0.25, -0.2) is 0 Å². The smallest absolute Gasteiger partial charge is 0.255 e. The maximum absolute atomic E-state index is 12.8. The van der Waals surface area contributed by atoms with Gasteiger partial charge < -0.3 is 9.80 Å². The normalized spacial score (nSPS) is 24.5. The number of likely N-dealkylation sites (tertiary alicyclic amines) is 3. The van der Waals surface area contributed by atoms with E-state index in [1.54, 1.807) is 18.5 Å². The molecule has 1 aromatic rings. The molecule has 0 aromatic carbocycles. The number of piperidine rings is 2. The predicted molar refractivity (Wildman–Crippen MR) is 108 cm³/mol. The molecule has 0 saturated carbocycles. The van der Waals surface area contributed by atoms with Gasteiger partial charge in [0.15, 0.2) is 0 Å². The molecule has 0 spiro atoms. The molecule has 3 aliphatic heterocycles. The summed E-state index contributed by atoms with van der Waals surface area (Å²) in [6, 6.07) is 2.15. The van der Waals surface area contributed by atoms with Crippen molar-refractivity contribution in [3.63, 3.8) is 0 Å². The number of halogens is 1. The Bertz CT molecular complexity index is 714. The van der Waals surface area contributed by atoms with Gasteiger partial charge in [-0.2, -0.15) is 0 Å². The van der Waals surface area contributed by atoms with Crippen molar-refractivity contribution in [2.24, 2.45) is 5.92 Å². The molecule has 3 fully saturated rings. The van der Waals surface area contributed by atoms with Crippen molar-refractivity contribution in [1.29, 1.82) is 0 Å². The van der Waals surface area contributed by atoms with Crippen LogP contribution in [-0.4, -0.2) is 76.8 Å². The molecular weight excluding hydrogens is 376 g/mol. The Labute approximate surface area is 171 Å². The van der Waals surface area contributed by atoms with Crippen LogP contribution in [0.4, 0.5) is 0 Å². The average molecular weight is 405 g/mol. The molecule has 0 radical (unpaired) electrons. The van der Waals surface area contributed by atoms with Gasteiger partial charge in [0.25, 0.3) is 5.91 Å². The minimum Gasteiger partial charge on any atom is -0.342 e. The number of amides is 2. The van der Waals surface area contributed by atoms with Crippen LogP contribution in [0, 0.1) is 5.92 Å². The van der Waals surface area contributed by atoms with Crippen molar-refractivity contribution in [3.8, 4) is 0 Å². The molecule has 3 saturated heterocycles. The number of rotatable bonds is 3. The van der Waals surface area contributed by atoms with Gasteiger partial charge in [0.2, 0.25) is 5.91 Å². The van der Waals surface area contributed by atoms with Crippen LogP contribution in [0.3, 0.4) is 0 Å². The second kappa shape index (κ2) is 8.78. The third-order valence-corrected chi connectivity index (χ3v) is 6.65. The van der Waals surface area contributed by atoms with Gasteiger partial charge in [0, 0.05) is 51.2 Å². The van der Waals surface area contributed by atoms with E-state index >= 15 is 0 Å². The van der Waals surface area contributed by atoms with Gasteiger partial charge in [0.1, 0.15) is 0 Å². The molecule has 28 heavy (non-hydrogen) atoms. The van der Waals surface area contributed by atoms with Crippen LogP contribution in [0.25, 0.3) is 0 Å². The lowest BCUT2D eigenvalue weighted by Gasteiger charge is -2.42. The third-order valence-electron chi connectivity index (χ3n) is 6.44. The molecule has 0 aliphatic carbocycles. The van der Waals surface area contributed by atoms with Crippen molar-refractivity contribution in [3.05, 3.63) is 29.0 Å². The summed E-state index contributed by atoms with van der Waals surface area (Å²) in [7, 11) is 0. The van der Waals surface area contributed by atoms with E-state index in [2.05, 4.69) is 14.8 Å². The van der Waals surface area contributed by atoms with E-state index in [9.17, 15) is 9.59 Å². The third kappa shape index (κ3) is 4.33. The largest absolute Gasteiger partial charge is 0.342 e. The molecule has 6 nitrogen and oxygen atoms in total. The van der Waals surface area contributed by atoms with Crippen LogP contribution in [0.5, 0.6) is 0 Å². The highest BCUT2D eigenvalue weighted by Gasteiger charge is 2.34. The fourth-order valence-electron chi connectivity index (χ4n) is 4.88. The zero-order valence-corrected chi connectivity index (χ0v) is 17.1. The van der Waals surface area contributed by atoms with Crippen LogP contribution < -0.4 is 0 Å². The van der Waals surface area contributed by atoms with E-state index < -0.39 is 0 Å². The number of aromatic nitrogens is 1. The van der Waals surface area contributed by atoms with Crippen LogP contribution in [0.1, 0.15) is 48.9 Å². The van der Waals surface area contributed by atoms with Crippen molar-refractivity contribution < 1.29 is 9.59 Å². The molecular formula is C21H29ClN4O2. The second-order valence-corrected chi connectivity index (χ2v) is 8.72. The fraction of sp³-hybridized carbons (Fsp3) is 0.667. The topological polar surface area (TPSA) is 56.8 Å². The van der Waals surface area contributed by atoms with E-state index in [4.69, 9.17) is 11.6 Å². The zero-order chi connectivity index (χ0) is 19.5. The van der Waals surface area contributed by atoms with Crippen LogP contribution in [-0.2, 0) is 4.79 Å². The molecule has 0 N–H and O–H groups in total. The first-order valence-electron chi connectivity index (χ1n) is 10.5. The van der Waals surface area contributed by atoms with Crippen molar-refractivity contribution >= 4 is 23.4 Å². The number of hydrogen-bond donors (Lipinski definition) is 0. The molecule has 4 heterocycles. The highest BCUT2D eigenvalue weighted by atomic mass is 35.5. The standard InChI is InChI=1S/C21H29ClN4O2/c22-18-12-17(13-23-14-18)21(28)25-10-5-19(6-11-25)26-9-3-4-16(15-26)20(27)24-7-1-2-8-24/h12-14,16,19H,1-11,15H2/t16-/m1/s1. The van der Waals surface area contributed by atoms with Gasteiger partial charge in [-0.15, -0.1) is 0 Å². The Morgan fingerprint density at radius 3 is 2.39 bits per heavy atom. The first-order chi connectivity index (χ1) is 13.6. The second-order valence-electron chi connectivity index (χ2n) is 8.28. The Morgan fingerprint density at radius 2 is 1.68 bits per heavy atom. The van der Waals surface area contributed by atoms with Gasteiger partial charge in [-0.3, -0.25) is 19.5 Å². The number of pyridine rings is 1. The summed E-state index contributed by atoms with van der Waals surface area (Å²) in [5.41, 5.74) is 0.556. The summed E-state index contributed by atoms with van der Waals surface area (Å²) in [6.07, 6.45) is 9.46. The lowest BCUT2D eigenvalue weighted by molar-refractivity contribution is -0.136. The van der Waals surface area contributed by atoms with Crippen molar-refractivity contribution in [2.45, 2.75) is 44.6 Å². The lowest BCUT2D eigenvalue weighted by Crippen LogP contribution is -2.51. The molecule has 1 aromatic heterocycles. The minimum atomic E-state index is 0.00850. The maximum atomic E-state index is 12.8. The molecule has 0 bridgehead atoms. The number of hydrogen-bond acceptors (Lipinski definition) is 4. The van der Waals surface area contributed by atoms with Crippen LogP contribution in [0.2, 0.25) is 5.02 Å². The highest BCUT2D eigenvalue weighted by Crippen LogP contribution is 2.26. The molecule has 7 heteroatoms. The summed E-state index contributed by atoms with van der Waals surface area (Å²) in [5.74, 6) is 0.529. The van der Waals surface area contributed by atoms with Gasteiger partial charge in [-0.05, 0) is 51.1 Å². The molecule has 1 atom stereocenters. The van der Waals surface area contributed by atoms with E-state index in [0.717, 1.165) is 77.8 Å². The fourth-order valence-corrected chi connectivity index (χ4v) is 5.05. The predicted octanol–water partition coefficient (Wildman–Crippen LogP) is 2.67. The number of nitrogens with zero attached hydrogens (tertiary/aromatic N) is 4. The Balaban J connectivity index is 1.30. The van der Waals surface area contributed by atoms with Crippen molar-refractivity contribution in [1.82, 2.24) is 19.7 Å². The summed E-state index contributed by atoms with van der Waals surface area (Å²) >= 11 is 5.97. The van der Waals surface area contributed by atoms with Crippen LogP contribution >= 0.6 is 11.6 Å². The lowest BCUT2D eigenvalue weighted by atomic mass is 9.92. The van der Waals surface area contributed by atoms with Gasteiger partial charge in [-0.1, -0.05) is 11.6 Å². The SMILES string of the molecule is O=C(c1cncc(Cl)c1)N1CCC(N2CCC[C@@H](C(=O)N3CCCC3)C2)CC1.